The monoisotopic (exact) mass is 401 g/mol. The lowest BCUT2D eigenvalue weighted by Crippen LogP contribution is -2.23. The minimum atomic E-state index is -0.681. The molecule has 0 spiro atoms. The molecule has 0 aliphatic heterocycles. The summed E-state index contributed by atoms with van der Waals surface area (Å²) in [5.41, 5.74) is 18.8. The fourth-order valence-corrected chi connectivity index (χ4v) is 4.30. The molecule has 0 heterocycles. The van der Waals surface area contributed by atoms with Crippen LogP contribution in [0.1, 0.15) is 54.9 Å². The van der Waals surface area contributed by atoms with Gasteiger partial charge in [0.05, 0.1) is 18.6 Å². The zero-order valence-corrected chi connectivity index (χ0v) is 18.0. The van der Waals surface area contributed by atoms with Crippen LogP contribution in [0.3, 0.4) is 0 Å². The number of nitrogens with two attached hydrogens (primary N) is 2. The fraction of sp³-hybridized carbons (Fsp3) is 0.346. The summed E-state index contributed by atoms with van der Waals surface area (Å²) in [5, 5.41) is 10.0. The van der Waals surface area contributed by atoms with Gasteiger partial charge in [0, 0.05) is 17.8 Å². The summed E-state index contributed by atoms with van der Waals surface area (Å²) < 4.78 is 5.42. The van der Waals surface area contributed by atoms with Crippen LogP contribution >= 0.6 is 0 Å². The second-order valence-corrected chi connectivity index (χ2v) is 8.24. The van der Waals surface area contributed by atoms with Crippen LogP contribution in [0.5, 0.6) is 0 Å². The molecule has 0 amide bonds. The molecule has 0 saturated heterocycles. The molecule has 2 aromatic carbocycles. The van der Waals surface area contributed by atoms with E-state index in [-0.39, 0.29) is 0 Å². The molecule has 1 atom stereocenters. The van der Waals surface area contributed by atoms with Crippen LogP contribution in [0.2, 0.25) is 0 Å². The molecule has 30 heavy (non-hydrogen) atoms. The molecule has 3 rings (SSSR count). The van der Waals surface area contributed by atoms with Gasteiger partial charge in [0.2, 0.25) is 0 Å². The summed E-state index contributed by atoms with van der Waals surface area (Å²) in [6, 6.07) is 16.7. The van der Waals surface area contributed by atoms with Crippen molar-refractivity contribution in [2.75, 3.05) is 12.8 Å². The number of methoxy groups -OCH3 is 1. The Balaban J connectivity index is 1.97. The van der Waals surface area contributed by atoms with E-state index in [9.17, 15) is 5.26 Å². The van der Waals surface area contributed by atoms with Gasteiger partial charge >= 0.3 is 0 Å². The standard InChI is InChI=1S/C26H31N3O/c1-18(30-3)22-9-4-5-10-23(22)24-12-11-21(14-25(24)29)26(2,17-28)15-19-7-6-8-20(13-19)16-27/h6-8,11-14H,1,4-5,9-10,15-16,27,29H2,2-3H3. The third-order valence-electron chi connectivity index (χ3n) is 6.10. The summed E-state index contributed by atoms with van der Waals surface area (Å²) >= 11 is 0. The van der Waals surface area contributed by atoms with Crippen molar-refractivity contribution in [3.8, 4) is 6.07 Å². The summed E-state index contributed by atoms with van der Waals surface area (Å²) in [4.78, 5) is 0. The van der Waals surface area contributed by atoms with E-state index in [1.165, 1.54) is 5.57 Å². The molecule has 0 radical (unpaired) electrons. The van der Waals surface area contributed by atoms with E-state index >= 15 is 0 Å². The van der Waals surface area contributed by atoms with Crippen molar-refractivity contribution in [2.24, 2.45) is 5.73 Å². The van der Waals surface area contributed by atoms with Gasteiger partial charge in [-0.05, 0) is 72.9 Å². The lowest BCUT2D eigenvalue weighted by Gasteiger charge is -2.26. The van der Waals surface area contributed by atoms with Crippen molar-refractivity contribution in [2.45, 2.75) is 51.0 Å². The number of nitrogens with zero attached hydrogens (tertiary/aromatic N) is 1. The number of ether oxygens (including phenoxy) is 1. The fourth-order valence-electron chi connectivity index (χ4n) is 4.30. The van der Waals surface area contributed by atoms with Crippen LogP contribution in [0.25, 0.3) is 5.57 Å². The number of hydrogen-bond donors (Lipinski definition) is 2. The predicted octanol–water partition coefficient (Wildman–Crippen LogP) is 5.24. The Morgan fingerprint density at radius 1 is 1.17 bits per heavy atom. The molecule has 0 bridgehead atoms. The Hall–Kier alpha value is -3.03. The highest BCUT2D eigenvalue weighted by Gasteiger charge is 2.28. The largest absolute Gasteiger partial charge is 0.497 e. The average Bonchev–Trinajstić information content (AvgIpc) is 2.78. The number of nitriles is 1. The van der Waals surface area contributed by atoms with E-state index in [0.29, 0.717) is 18.7 Å². The molecule has 156 valence electrons. The maximum absolute atomic E-state index is 10.0. The van der Waals surface area contributed by atoms with Gasteiger partial charge in [0.1, 0.15) is 5.76 Å². The molecule has 4 nitrogen and oxygen atoms in total. The van der Waals surface area contributed by atoms with Crippen LogP contribution in [-0.2, 0) is 23.1 Å². The van der Waals surface area contributed by atoms with Gasteiger partial charge in [-0.15, -0.1) is 0 Å². The van der Waals surface area contributed by atoms with E-state index in [0.717, 1.165) is 59.3 Å². The van der Waals surface area contributed by atoms with E-state index in [2.05, 4.69) is 24.8 Å². The summed E-state index contributed by atoms with van der Waals surface area (Å²) in [5.74, 6) is 0.717. The second kappa shape index (κ2) is 9.19. The first-order valence-electron chi connectivity index (χ1n) is 10.5. The molecular formula is C26H31N3O. The van der Waals surface area contributed by atoms with Crippen LogP contribution < -0.4 is 11.5 Å². The number of nitrogen functional groups attached to an aromatic ring is 1. The summed E-state index contributed by atoms with van der Waals surface area (Å²) in [7, 11) is 1.66. The molecule has 0 aromatic heterocycles. The number of hydrogen-bond acceptors (Lipinski definition) is 4. The average molecular weight is 402 g/mol. The van der Waals surface area contributed by atoms with Crippen molar-refractivity contribution in [3.05, 3.63) is 82.6 Å². The van der Waals surface area contributed by atoms with Crippen LogP contribution in [0, 0.1) is 11.3 Å². The van der Waals surface area contributed by atoms with E-state index in [1.807, 2.05) is 37.3 Å². The Morgan fingerprint density at radius 3 is 2.57 bits per heavy atom. The molecule has 4 N–H and O–H groups in total. The number of anilines is 1. The molecule has 4 heteroatoms. The van der Waals surface area contributed by atoms with E-state index < -0.39 is 5.41 Å². The zero-order valence-electron chi connectivity index (χ0n) is 18.0. The maximum atomic E-state index is 10.0. The first-order chi connectivity index (χ1) is 14.4. The Morgan fingerprint density at radius 2 is 1.90 bits per heavy atom. The number of allylic oxidation sites excluding steroid dienone is 2. The highest BCUT2D eigenvalue weighted by atomic mass is 16.5. The molecule has 0 fully saturated rings. The molecule has 0 saturated carbocycles. The Labute approximate surface area is 179 Å². The maximum Gasteiger partial charge on any atom is 0.115 e. The Bertz CT molecular complexity index is 1020. The van der Waals surface area contributed by atoms with E-state index in [4.69, 9.17) is 16.2 Å². The van der Waals surface area contributed by atoms with Crippen LogP contribution in [0.4, 0.5) is 5.69 Å². The van der Waals surface area contributed by atoms with Crippen LogP contribution in [-0.4, -0.2) is 7.11 Å². The van der Waals surface area contributed by atoms with Crippen LogP contribution in [0.15, 0.2) is 60.4 Å². The normalized spacial score (nSPS) is 15.9. The highest BCUT2D eigenvalue weighted by molar-refractivity contribution is 5.80. The summed E-state index contributed by atoms with van der Waals surface area (Å²) in [6.07, 6.45) is 4.78. The first kappa shape index (κ1) is 21.7. The lowest BCUT2D eigenvalue weighted by atomic mass is 9.77. The molecular weight excluding hydrogens is 370 g/mol. The minimum Gasteiger partial charge on any atom is -0.497 e. The van der Waals surface area contributed by atoms with Crippen molar-refractivity contribution in [1.82, 2.24) is 0 Å². The zero-order chi connectivity index (χ0) is 21.7. The lowest BCUT2D eigenvalue weighted by molar-refractivity contribution is 0.299. The quantitative estimate of drug-likeness (QED) is 0.491. The van der Waals surface area contributed by atoms with Gasteiger partial charge in [-0.3, -0.25) is 0 Å². The van der Waals surface area contributed by atoms with Crippen molar-refractivity contribution >= 4 is 11.3 Å². The van der Waals surface area contributed by atoms with Gasteiger partial charge in [0.15, 0.2) is 0 Å². The third-order valence-corrected chi connectivity index (χ3v) is 6.10. The van der Waals surface area contributed by atoms with Gasteiger partial charge < -0.3 is 16.2 Å². The van der Waals surface area contributed by atoms with Gasteiger partial charge in [-0.25, -0.2) is 0 Å². The minimum absolute atomic E-state index is 0.489. The number of rotatable bonds is 7. The number of benzene rings is 2. The van der Waals surface area contributed by atoms with E-state index in [1.54, 1.807) is 7.11 Å². The highest BCUT2D eigenvalue weighted by Crippen LogP contribution is 2.39. The first-order valence-corrected chi connectivity index (χ1v) is 10.5. The molecule has 1 aliphatic carbocycles. The molecule has 1 aliphatic rings. The predicted molar refractivity (Wildman–Crippen MR) is 123 cm³/mol. The smallest absolute Gasteiger partial charge is 0.115 e. The third kappa shape index (κ3) is 4.42. The second-order valence-electron chi connectivity index (χ2n) is 8.24. The van der Waals surface area contributed by atoms with Gasteiger partial charge in [-0.2, -0.15) is 5.26 Å². The van der Waals surface area contributed by atoms with Crippen molar-refractivity contribution in [3.63, 3.8) is 0 Å². The van der Waals surface area contributed by atoms with Crippen molar-refractivity contribution < 1.29 is 4.74 Å². The topological polar surface area (TPSA) is 85.1 Å². The summed E-state index contributed by atoms with van der Waals surface area (Å²) in [6.45, 7) is 6.52. The van der Waals surface area contributed by atoms with Gasteiger partial charge in [-0.1, -0.05) is 43.0 Å². The molecule has 1 unspecified atom stereocenters. The van der Waals surface area contributed by atoms with Gasteiger partial charge in [0.25, 0.3) is 0 Å². The Kier molecular flexibility index (Phi) is 6.64. The SMILES string of the molecule is C=C(OC)C1=C(c2ccc(C(C)(C#N)Cc3cccc(CN)c3)cc2N)CCCC1. The van der Waals surface area contributed by atoms with Crippen molar-refractivity contribution in [1.29, 1.82) is 5.26 Å². The molecule has 2 aromatic rings.